The summed E-state index contributed by atoms with van der Waals surface area (Å²) in [7, 11) is -2.80. The van der Waals surface area contributed by atoms with Gasteiger partial charge < -0.3 is 14.9 Å². The van der Waals surface area contributed by atoms with E-state index in [9.17, 15) is 18.3 Å². The van der Waals surface area contributed by atoms with E-state index in [0.29, 0.717) is 0 Å². The van der Waals surface area contributed by atoms with Crippen LogP contribution in [0.5, 0.6) is 5.75 Å². The smallest absolute Gasteiger partial charge is 0.341 e. The van der Waals surface area contributed by atoms with Gasteiger partial charge in [0, 0.05) is 13.1 Å². The Morgan fingerprint density at radius 1 is 1.48 bits per heavy atom. The number of aliphatic hydroxyl groups is 1. The quantitative estimate of drug-likeness (QED) is 0.556. The predicted octanol–water partition coefficient (Wildman–Crippen LogP) is 0.348. The SMILES string of the molecule is C=CCN(CCO)S(=O)(=O)c1ccc(O)c(C(=O)OC)c1. The third kappa shape index (κ3) is 3.81. The number of ether oxygens (including phenoxy) is 1. The molecule has 7 nitrogen and oxygen atoms in total. The molecule has 0 bridgehead atoms. The fourth-order valence-electron chi connectivity index (χ4n) is 1.66. The van der Waals surface area contributed by atoms with Gasteiger partial charge in [0.1, 0.15) is 11.3 Å². The van der Waals surface area contributed by atoms with E-state index in [4.69, 9.17) is 5.11 Å². The monoisotopic (exact) mass is 315 g/mol. The molecule has 116 valence electrons. The Bertz CT molecular complexity index is 626. The Labute approximate surface area is 123 Å². The molecule has 8 heteroatoms. The van der Waals surface area contributed by atoms with Crippen LogP contribution in [0.2, 0.25) is 0 Å². The summed E-state index contributed by atoms with van der Waals surface area (Å²) in [5.41, 5.74) is -0.249. The molecule has 2 N–H and O–H groups in total. The maximum Gasteiger partial charge on any atom is 0.341 e. The molecule has 21 heavy (non-hydrogen) atoms. The molecule has 1 rings (SSSR count). The van der Waals surface area contributed by atoms with Crippen molar-refractivity contribution in [1.82, 2.24) is 4.31 Å². The molecule has 0 heterocycles. The number of hydrogen-bond donors (Lipinski definition) is 2. The van der Waals surface area contributed by atoms with Crippen LogP contribution in [0.25, 0.3) is 0 Å². The molecule has 1 aromatic rings. The van der Waals surface area contributed by atoms with Gasteiger partial charge in [-0.05, 0) is 18.2 Å². The zero-order valence-electron chi connectivity index (χ0n) is 11.5. The number of carbonyl (C=O) groups is 1. The molecular weight excluding hydrogens is 298 g/mol. The van der Waals surface area contributed by atoms with E-state index < -0.39 is 16.0 Å². The Balaban J connectivity index is 3.30. The summed E-state index contributed by atoms with van der Waals surface area (Å²) >= 11 is 0. The van der Waals surface area contributed by atoms with Crippen molar-refractivity contribution in [3.8, 4) is 5.75 Å². The van der Waals surface area contributed by atoms with E-state index in [1.807, 2.05) is 0 Å². The van der Waals surface area contributed by atoms with Gasteiger partial charge in [0.15, 0.2) is 0 Å². The molecule has 0 aliphatic carbocycles. The van der Waals surface area contributed by atoms with Crippen LogP contribution in [-0.2, 0) is 14.8 Å². The lowest BCUT2D eigenvalue weighted by Crippen LogP contribution is -2.33. The van der Waals surface area contributed by atoms with Crippen LogP contribution in [0.4, 0.5) is 0 Å². The van der Waals surface area contributed by atoms with Crippen LogP contribution < -0.4 is 0 Å². The summed E-state index contributed by atoms with van der Waals surface area (Å²) < 4.78 is 30.3. The number of hydrogen-bond acceptors (Lipinski definition) is 6. The molecule has 0 saturated carbocycles. The van der Waals surface area contributed by atoms with E-state index in [-0.39, 0.29) is 35.9 Å². The minimum absolute atomic E-state index is 0.0112. The average molecular weight is 315 g/mol. The number of esters is 1. The molecular formula is C13H17NO6S. The Morgan fingerprint density at radius 2 is 2.14 bits per heavy atom. The predicted molar refractivity (Wildman–Crippen MR) is 75.5 cm³/mol. The fourth-order valence-corrected chi connectivity index (χ4v) is 3.09. The van der Waals surface area contributed by atoms with Gasteiger partial charge in [-0.3, -0.25) is 0 Å². The number of aromatic hydroxyl groups is 1. The van der Waals surface area contributed by atoms with Gasteiger partial charge in [-0.25, -0.2) is 13.2 Å². The minimum atomic E-state index is -3.92. The minimum Gasteiger partial charge on any atom is -0.507 e. The van der Waals surface area contributed by atoms with E-state index in [2.05, 4.69) is 11.3 Å². The Kier molecular flexibility index (Phi) is 5.89. The molecule has 0 radical (unpaired) electrons. The van der Waals surface area contributed by atoms with E-state index in [1.165, 1.54) is 12.1 Å². The zero-order valence-corrected chi connectivity index (χ0v) is 12.3. The summed E-state index contributed by atoms with van der Waals surface area (Å²) in [5.74, 6) is -1.22. The lowest BCUT2D eigenvalue weighted by atomic mass is 10.2. The molecule has 0 unspecified atom stereocenters. The standard InChI is InChI=1S/C13H17NO6S/c1-3-6-14(7-8-15)21(18,19)10-4-5-12(16)11(9-10)13(17)20-2/h3-5,9,15-16H,1,6-8H2,2H3. The Morgan fingerprint density at radius 3 is 2.67 bits per heavy atom. The van der Waals surface area contributed by atoms with Crippen molar-refractivity contribution in [2.45, 2.75) is 4.90 Å². The maximum absolute atomic E-state index is 12.4. The van der Waals surface area contributed by atoms with Crippen molar-refractivity contribution < 1.29 is 28.2 Å². The number of rotatable bonds is 7. The van der Waals surface area contributed by atoms with Crippen LogP contribution in [0.3, 0.4) is 0 Å². The largest absolute Gasteiger partial charge is 0.507 e. The van der Waals surface area contributed by atoms with Gasteiger partial charge >= 0.3 is 5.97 Å². The normalized spacial score (nSPS) is 11.4. The van der Waals surface area contributed by atoms with Gasteiger partial charge in [-0.15, -0.1) is 6.58 Å². The summed E-state index contributed by atoms with van der Waals surface area (Å²) in [5, 5.41) is 18.5. The number of methoxy groups -OCH3 is 1. The highest BCUT2D eigenvalue weighted by atomic mass is 32.2. The first-order valence-electron chi connectivity index (χ1n) is 6.01. The molecule has 0 amide bonds. The summed E-state index contributed by atoms with van der Waals surface area (Å²) in [6.07, 6.45) is 1.38. The first-order chi connectivity index (χ1) is 9.88. The van der Waals surface area contributed by atoms with Crippen LogP contribution in [-0.4, -0.2) is 55.7 Å². The van der Waals surface area contributed by atoms with Gasteiger partial charge in [-0.2, -0.15) is 4.31 Å². The number of benzene rings is 1. The fraction of sp³-hybridized carbons (Fsp3) is 0.308. The van der Waals surface area contributed by atoms with E-state index in [1.54, 1.807) is 0 Å². The van der Waals surface area contributed by atoms with Crippen LogP contribution in [0.1, 0.15) is 10.4 Å². The van der Waals surface area contributed by atoms with Crippen molar-refractivity contribution in [3.05, 3.63) is 36.4 Å². The van der Waals surface area contributed by atoms with Gasteiger partial charge in [0.2, 0.25) is 10.0 Å². The second-order valence-corrected chi connectivity index (χ2v) is 5.98. The average Bonchev–Trinajstić information content (AvgIpc) is 2.46. The topological polar surface area (TPSA) is 104 Å². The van der Waals surface area contributed by atoms with Gasteiger partial charge in [-0.1, -0.05) is 6.08 Å². The number of carbonyl (C=O) groups excluding carboxylic acids is 1. The third-order valence-electron chi connectivity index (χ3n) is 2.69. The summed E-state index contributed by atoms with van der Waals surface area (Å²) in [4.78, 5) is 11.3. The summed E-state index contributed by atoms with van der Waals surface area (Å²) in [6, 6.07) is 3.30. The summed E-state index contributed by atoms with van der Waals surface area (Å²) in [6.45, 7) is 3.01. The number of phenols is 1. The second kappa shape index (κ2) is 7.21. The molecule has 0 aromatic heterocycles. The van der Waals surface area contributed by atoms with Crippen molar-refractivity contribution >= 4 is 16.0 Å². The van der Waals surface area contributed by atoms with Crippen molar-refractivity contribution in [2.75, 3.05) is 26.8 Å². The third-order valence-corrected chi connectivity index (χ3v) is 4.55. The molecule has 1 aromatic carbocycles. The molecule has 0 aliphatic rings. The molecule has 0 aliphatic heterocycles. The first-order valence-corrected chi connectivity index (χ1v) is 7.45. The van der Waals surface area contributed by atoms with Crippen LogP contribution in [0.15, 0.2) is 35.7 Å². The molecule has 0 spiro atoms. The van der Waals surface area contributed by atoms with Crippen molar-refractivity contribution in [3.63, 3.8) is 0 Å². The maximum atomic E-state index is 12.4. The van der Waals surface area contributed by atoms with Gasteiger partial charge in [0.25, 0.3) is 0 Å². The van der Waals surface area contributed by atoms with E-state index in [0.717, 1.165) is 23.5 Å². The number of sulfonamides is 1. The lowest BCUT2D eigenvalue weighted by molar-refractivity contribution is 0.0597. The molecule has 0 fully saturated rings. The van der Waals surface area contributed by atoms with Crippen molar-refractivity contribution in [2.24, 2.45) is 0 Å². The highest BCUT2D eigenvalue weighted by molar-refractivity contribution is 7.89. The van der Waals surface area contributed by atoms with Crippen LogP contribution in [0, 0.1) is 0 Å². The number of aliphatic hydroxyl groups excluding tert-OH is 1. The molecule has 0 saturated heterocycles. The van der Waals surface area contributed by atoms with Crippen molar-refractivity contribution in [1.29, 1.82) is 0 Å². The zero-order chi connectivity index (χ0) is 16.0. The number of phenolic OH excluding ortho intramolecular Hbond substituents is 1. The highest BCUT2D eigenvalue weighted by Crippen LogP contribution is 2.24. The lowest BCUT2D eigenvalue weighted by Gasteiger charge is -2.20. The van der Waals surface area contributed by atoms with Gasteiger partial charge in [0.05, 0.1) is 18.6 Å². The first kappa shape index (κ1) is 17.2. The van der Waals surface area contributed by atoms with Crippen LogP contribution >= 0.6 is 0 Å². The molecule has 0 atom stereocenters. The Hall–Kier alpha value is -1.90. The number of nitrogens with zero attached hydrogens (tertiary/aromatic N) is 1. The highest BCUT2D eigenvalue weighted by Gasteiger charge is 2.25. The second-order valence-electron chi connectivity index (χ2n) is 4.05. The van der Waals surface area contributed by atoms with E-state index >= 15 is 0 Å².